The first kappa shape index (κ1) is 18.8. The maximum absolute atomic E-state index is 14.0. The first-order valence-electron chi connectivity index (χ1n) is 9.28. The van der Waals surface area contributed by atoms with Crippen LogP contribution >= 0.6 is 0 Å². The molecule has 0 N–H and O–H groups in total. The van der Waals surface area contributed by atoms with Crippen LogP contribution in [0.3, 0.4) is 0 Å². The van der Waals surface area contributed by atoms with Gasteiger partial charge in [-0.05, 0) is 56.4 Å². The summed E-state index contributed by atoms with van der Waals surface area (Å²) in [5.74, 6) is 0.291. The van der Waals surface area contributed by atoms with E-state index < -0.39 is 18.3 Å². The molecule has 144 valence electrons. The number of hydrogen-bond acceptors (Lipinski definition) is 4. The number of nitrogens with zero attached hydrogens (tertiary/aromatic N) is 3. The standard InChI is InChI=1S/C21H23BFN3O2/c1-20(2)21(3,4)28-22(27-20)15-8-6-7-14(11-15)17-10-9-16(23)12-18(17)19-25-24-13-26(19)5/h6-13H,1-5H3. The summed E-state index contributed by atoms with van der Waals surface area (Å²) in [5, 5.41) is 8.07. The van der Waals surface area contributed by atoms with Crippen molar-refractivity contribution in [3.05, 3.63) is 54.6 Å². The smallest absolute Gasteiger partial charge is 0.399 e. The highest BCUT2D eigenvalue weighted by Gasteiger charge is 2.51. The molecule has 0 spiro atoms. The number of benzene rings is 2. The Kier molecular flexibility index (Phi) is 4.40. The number of halogens is 1. The van der Waals surface area contributed by atoms with Gasteiger partial charge in [0.25, 0.3) is 0 Å². The number of aromatic nitrogens is 3. The van der Waals surface area contributed by atoms with Crippen molar-refractivity contribution in [2.45, 2.75) is 38.9 Å². The van der Waals surface area contributed by atoms with Gasteiger partial charge in [-0.2, -0.15) is 0 Å². The molecule has 0 aliphatic carbocycles. The van der Waals surface area contributed by atoms with Gasteiger partial charge in [-0.25, -0.2) is 4.39 Å². The van der Waals surface area contributed by atoms with Crippen molar-refractivity contribution in [3.8, 4) is 22.5 Å². The van der Waals surface area contributed by atoms with Crippen LogP contribution in [0.2, 0.25) is 0 Å². The van der Waals surface area contributed by atoms with Crippen molar-refractivity contribution in [3.63, 3.8) is 0 Å². The zero-order valence-corrected chi connectivity index (χ0v) is 16.7. The molecule has 1 saturated heterocycles. The molecular weight excluding hydrogens is 356 g/mol. The lowest BCUT2D eigenvalue weighted by Gasteiger charge is -2.32. The van der Waals surface area contributed by atoms with Crippen LogP contribution in [0.1, 0.15) is 27.7 Å². The molecule has 1 fully saturated rings. The van der Waals surface area contributed by atoms with Crippen LogP contribution in [-0.2, 0) is 16.4 Å². The van der Waals surface area contributed by atoms with Crippen LogP contribution in [0, 0.1) is 5.82 Å². The Morgan fingerprint density at radius 2 is 1.68 bits per heavy atom. The Bertz CT molecular complexity index is 1020. The van der Waals surface area contributed by atoms with E-state index in [1.807, 2.05) is 59.0 Å². The van der Waals surface area contributed by atoms with Crippen molar-refractivity contribution in [1.29, 1.82) is 0 Å². The minimum absolute atomic E-state index is 0.316. The highest BCUT2D eigenvalue weighted by molar-refractivity contribution is 6.62. The minimum Gasteiger partial charge on any atom is -0.399 e. The molecule has 0 atom stereocenters. The van der Waals surface area contributed by atoms with Gasteiger partial charge in [0, 0.05) is 12.6 Å². The van der Waals surface area contributed by atoms with Crippen LogP contribution in [0.5, 0.6) is 0 Å². The van der Waals surface area contributed by atoms with Crippen LogP contribution in [-0.4, -0.2) is 33.1 Å². The molecule has 1 aliphatic heterocycles. The first-order valence-corrected chi connectivity index (χ1v) is 9.28. The lowest BCUT2D eigenvalue weighted by molar-refractivity contribution is 0.00578. The van der Waals surface area contributed by atoms with Gasteiger partial charge in [-0.15, -0.1) is 10.2 Å². The van der Waals surface area contributed by atoms with E-state index >= 15 is 0 Å². The molecular formula is C21H23BFN3O2. The van der Waals surface area contributed by atoms with Gasteiger partial charge in [0.1, 0.15) is 12.1 Å². The quantitative estimate of drug-likeness (QED) is 0.653. The maximum Gasteiger partial charge on any atom is 0.494 e. The molecule has 0 saturated carbocycles. The van der Waals surface area contributed by atoms with Crippen LogP contribution < -0.4 is 5.46 Å². The molecule has 3 aromatic rings. The zero-order valence-electron chi connectivity index (χ0n) is 16.7. The highest BCUT2D eigenvalue weighted by atomic mass is 19.1. The second-order valence-electron chi connectivity index (χ2n) is 8.17. The van der Waals surface area contributed by atoms with E-state index in [9.17, 15) is 4.39 Å². The Morgan fingerprint density at radius 1 is 0.964 bits per heavy atom. The Hall–Kier alpha value is -2.51. The van der Waals surface area contributed by atoms with E-state index in [0.29, 0.717) is 11.4 Å². The molecule has 1 aliphatic rings. The normalized spacial score (nSPS) is 17.9. The van der Waals surface area contributed by atoms with E-state index in [4.69, 9.17) is 9.31 Å². The zero-order chi connectivity index (χ0) is 20.1. The second kappa shape index (κ2) is 6.53. The Morgan fingerprint density at radius 3 is 2.32 bits per heavy atom. The lowest BCUT2D eigenvalue weighted by atomic mass is 9.77. The van der Waals surface area contributed by atoms with Crippen molar-refractivity contribution >= 4 is 12.6 Å². The summed E-state index contributed by atoms with van der Waals surface area (Å²) in [6.07, 6.45) is 1.60. The summed E-state index contributed by atoms with van der Waals surface area (Å²) >= 11 is 0. The van der Waals surface area contributed by atoms with Crippen LogP contribution in [0.4, 0.5) is 4.39 Å². The highest BCUT2D eigenvalue weighted by Crippen LogP contribution is 2.37. The molecule has 0 unspecified atom stereocenters. The van der Waals surface area contributed by atoms with Crippen molar-refractivity contribution in [2.75, 3.05) is 0 Å². The van der Waals surface area contributed by atoms with Gasteiger partial charge in [0.05, 0.1) is 11.2 Å². The molecule has 7 heteroatoms. The summed E-state index contributed by atoms with van der Waals surface area (Å²) in [4.78, 5) is 0. The van der Waals surface area contributed by atoms with E-state index in [2.05, 4.69) is 10.2 Å². The summed E-state index contributed by atoms with van der Waals surface area (Å²) in [5.41, 5.74) is 2.59. The van der Waals surface area contributed by atoms with Gasteiger partial charge < -0.3 is 13.9 Å². The molecule has 5 nitrogen and oxygen atoms in total. The fourth-order valence-corrected chi connectivity index (χ4v) is 3.31. The Balaban J connectivity index is 1.77. The molecule has 28 heavy (non-hydrogen) atoms. The number of aryl methyl sites for hydroxylation is 1. The van der Waals surface area contributed by atoms with Gasteiger partial charge in [-0.1, -0.05) is 30.3 Å². The van der Waals surface area contributed by atoms with Crippen molar-refractivity contribution in [1.82, 2.24) is 14.8 Å². The fraction of sp³-hybridized carbons (Fsp3) is 0.333. The van der Waals surface area contributed by atoms with E-state index in [0.717, 1.165) is 16.6 Å². The third kappa shape index (κ3) is 3.14. The van der Waals surface area contributed by atoms with Gasteiger partial charge >= 0.3 is 7.12 Å². The van der Waals surface area contributed by atoms with Crippen molar-refractivity contribution < 1.29 is 13.7 Å². The molecule has 2 heterocycles. The van der Waals surface area contributed by atoms with E-state index in [-0.39, 0.29) is 5.82 Å². The second-order valence-corrected chi connectivity index (χ2v) is 8.17. The maximum atomic E-state index is 14.0. The van der Waals surface area contributed by atoms with E-state index in [1.54, 1.807) is 17.0 Å². The summed E-state index contributed by atoms with van der Waals surface area (Å²) in [7, 11) is 1.38. The molecule has 2 aromatic carbocycles. The largest absolute Gasteiger partial charge is 0.494 e. The number of hydrogen-bond donors (Lipinski definition) is 0. The van der Waals surface area contributed by atoms with Crippen molar-refractivity contribution in [2.24, 2.45) is 7.05 Å². The molecule has 0 bridgehead atoms. The molecule has 0 amide bonds. The van der Waals surface area contributed by atoms with Gasteiger partial charge in [-0.3, -0.25) is 0 Å². The third-order valence-corrected chi connectivity index (χ3v) is 5.66. The fourth-order valence-electron chi connectivity index (χ4n) is 3.31. The molecule has 0 radical (unpaired) electrons. The summed E-state index contributed by atoms with van der Waals surface area (Å²) in [6.45, 7) is 8.12. The summed E-state index contributed by atoms with van der Waals surface area (Å²) in [6, 6.07) is 12.7. The molecule has 1 aromatic heterocycles. The average Bonchev–Trinajstić information content (AvgIpc) is 3.15. The first-order chi connectivity index (χ1) is 13.2. The van der Waals surface area contributed by atoms with Gasteiger partial charge in [0.2, 0.25) is 0 Å². The Labute approximate surface area is 164 Å². The topological polar surface area (TPSA) is 49.2 Å². The predicted molar refractivity (Wildman–Crippen MR) is 108 cm³/mol. The average molecular weight is 379 g/mol. The molecule has 4 rings (SSSR count). The third-order valence-electron chi connectivity index (χ3n) is 5.66. The van der Waals surface area contributed by atoms with Crippen LogP contribution in [0.25, 0.3) is 22.5 Å². The SMILES string of the molecule is Cn1cnnc1-c1cc(F)ccc1-c1cccc(B2OC(C)(C)C(C)(C)O2)c1. The lowest BCUT2D eigenvalue weighted by Crippen LogP contribution is -2.41. The monoisotopic (exact) mass is 379 g/mol. The van der Waals surface area contributed by atoms with E-state index in [1.165, 1.54) is 12.1 Å². The van der Waals surface area contributed by atoms with Crippen LogP contribution in [0.15, 0.2) is 48.8 Å². The predicted octanol–water partition coefficient (Wildman–Crippen LogP) is 3.59. The minimum atomic E-state index is -0.455. The summed E-state index contributed by atoms with van der Waals surface area (Å²) < 4.78 is 28.1. The number of rotatable bonds is 3. The van der Waals surface area contributed by atoms with Gasteiger partial charge in [0.15, 0.2) is 5.82 Å².